The maximum atomic E-state index is 12.6. The molecule has 0 aliphatic heterocycles. The predicted molar refractivity (Wildman–Crippen MR) is 130 cm³/mol. The van der Waals surface area contributed by atoms with Crippen LogP contribution in [0, 0.1) is 0 Å². The molecule has 0 heterocycles. The predicted octanol–water partition coefficient (Wildman–Crippen LogP) is 4.74. The molecule has 3 amide bonds. The fourth-order valence-corrected chi connectivity index (χ4v) is 3.24. The largest absolute Gasteiger partial charge is 0.376 e. The van der Waals surface area contributed by atoms with E-state index in [1.165, 1.54) is 0 Å². The van der Waals surface area contributed by atoms with Crippen molar-refractivity contribution >= 4 is 34.8 Å². The highest BCUT2D eigenvalue weighted by Gasteiger charge is 2.14. The third-order valence-corrected chi connectivity index (χ3v) is 4.79. The molecule has 0 spiro atoms. The van der Waals surface area contributed by atoms with E-state index in [0.29, 0.717) is 23.4 Å². The molecule has 0 atom stereocenters. The minimum atomic E-state index is -0.190. The standard InChI is InChI=1S/C25H34N4O3/c1-4-7-23(30)27-21-12-14-22(15-13-21)28-24(31)18-26-20-10-8-19(9-11-20)25(32)29(16-5-2)17-6-3/h8-15,26H,4-7,16-18H2,1-3H3,(H,27,30)(H,28,31). The van der Waals surface area contributed by atoms with E-state index in [2.05, 4.69) is 29.8 Å². The number of hydrogen-bond donors (Lipinski definition) is 3. The third kappa shape index (κ3) is 8.06. The Morgan fingerprint density at radius 2 is 1.19 bits per heavy atom. The van der Waals surface area contributed by atoms with Crippen molar-refractivity contribution in [1.29, 1.82) is 0 Å². The lowest BCUT2D eigenvalue weighted by Gasteiger charge is -2.21. The van der Waals surface area contributed by atoms with Gasteiger partial charge in [0.2, 0.25) is 11.8 Å². The molecule has 0 aliphatic rings. The smallest absolute Gasteiger partial charge is 0.253 e. The Hall–Kier alpha value is -3.35. The highest BCUT2D eigenvalue weighted by molar-refractivity contribution is 5.96. The number of nitrogens with zero attached hydrogens (tertiary/aromatic N) is 1. The first-order valence-electron chi connectivity index (χ1n) is 11.3. The molecule has 0 fully saturated rings. The molecule has 0 aromatic heterocycles. The monoisotopic (exact) mass is 438 g/mol. The Morgan fingerprint density at radius 1 is 0.688 bits per heavy atom. The normalized spacial score (nSPS) is 10.3. The van der Waals surface area contributed by atoms with Crippen LogP contribution < -0.4 is 16.0 Å². The Morgan fingerprint density at radius 3 is 1.69 bits per heavy atom. The summed E-state index contributed by atoms with van der Waals surface area (Å²) in [5.74, 6) is -0.179. The Balaban J connectivity index is 1.84. The number of carbonyl (C=O) groups is 3. The Bertz CT molecular complexity index is 873. The molecule has 0 saturated heterocycles. The van der Waals surface area contributed by atoms with Gasteiger partial charge in [0.1, 0.15) is 0 Å². The van der Waals surface area contributed by atoms with E-state index in [0.717, 1.165) is 38.0 Å². The van der Waals surface area contributed by atoms with Gasteiger partial charge in [-0.15, -0.1) is 0 Å². The van der Waals surface area contributed by atoms with Crippen LogP contribution in [0.1, 0.15) is 56.8 Å². The number of carbonyl (C=O) groups excluding carboxylic acids is 3. The molecule has 32 heavy (non-hydrogen) atoms. The molecule has 2 rings (SSSR count). The van der Waals surface area contributed by atoms with Gasteiger partial charge in [-0.25, -0.2) is 0 Å². The summed E-state index contributed by atoms with van der Waals surface area (Å²) in [6.45, 7) is 7.67. The molecule has 0 aliphatic carbocycles. The van der Waals surface area contributed by atoms with Gasteiger partial charge in [-0.2, -0.15) is 0 Å². The molecule has 2 aromatic carbocycles. The van der Waals surface area contributed by atoms with E-state index >= 15 is 0 Å². The number of rotatable bonds is 12. The molecular weight excluding hydrogens is 404 g/mol. The van der Waals surface area contributed by atoms with Gasteiger partial charge in [-0.3, -0.25) is 14.4 Å². The lowest BCUT2D eigenvalue weighted by molar-refractivity contribution is -0.116. The highest BCUT2D eigenvalue weighted by Crippen LogP contribution is 2.15. The minimum absolute atomic E-state index is 0.0235. The van der Waals surface area contributed by atoms with Gasteiger partial charge in [0.25, 0.3) is 5.91 Å². The van der Waals surface area contributed by atoms with Crippen LogP contribution in [0.5, 0.6) is 0 Å². The molecule has 7 nitrogen and oxygen atoms in total. The van der Waals surface area contributed by atoms with Gasteiger partial charge in [0.05, 0.1) is 6.54 Å². The second-order valence-corrected chi connectivity index (χ2v) is 7.65. The number of nitrogens with one attached hydrogen (secondary N) is 3. The molecule has 0 bridgehead atoms. The molecule has 2 aromatic rings. The summed E-state index contributed by atoms with van der Waals surface area (Å²) in [7, 11) is 0. The van der Waals surface area contributed by atoms with E-state index in [1.54, 1.807) is 36.4 Å². The molecule has 7 heteroatoms. The van der Waals surface area contributed by atoms with Gasteiger partial charge in [0.15, 0.2) is 0 Å². The van der Waals surface area contributed by atoms with Crippen molar-refractivity contribution in [3.05, 3.63) is 54.1 Å². The number of amides is 3. The fourth-order valence-electron chi connectivity index (χ4n) is 3.24. The van der Waals surface area contributed by atoms with Crippen molar-refractivity contribution < 1.29 is 14.4 Å². The van der Waals surface area contributed by atoms with Crippen molar-refractivity contribution in [3.8, 4) is 0 Å². The summed E-state index contributed by atoms with van der Waals surface area (Å²) in [5, 5.41) is 8.70. The maximum Gasteiger partial charge on any atom is 0.253 e. The lowest BCUT2D eigenvalue weighted by Crippen LogP contribution is -2.32. The summed E-state index contributed by atoms with van der Waals surface area (Å²) in [6, 6.07) is 14.2. The first kappa shape index (κ1) is 24.9. The second-order valence-electron chi connectivity index (χ2n) is 7.65. The summed E-state index contributed by atoms with van der Waals surface area (Å²) in [4.78, 5) is 38.4. The van der Waals surface area contributed by atoms with E-state index in [-0.39, 0.29) is 24.3 Å². The zero-order valence-electron chi connectivity index (χ0n) is 19.2. The summed E-state index contributed by atoms with van der Waals surface area (Å²) in [6.07, 6.45) is 3.13. The molecule has 172 valence electrons. The van der Waals surface area contributed by atoms with Gasteiger partial charge in [-0.05, 0) is 67.8 Å². The lowest BCUT2D eigenvalue weighted by atomic mass is 10.1. The van der Waals surface area contributed by atoms with E-state index in [4.69, 9.17) is 0 Å². The van der Waals surface area contributed by atoms with Crippen LogP contribution in [0.4, 0.5) is 17.1 Å². The zero-order chi connectivity index (χ0) is 23.3. The number of benzene rings is 2. The van der Waals surface area contributed by atoms with Crippen LogP contribution in [0.2, 0.25) is 0 Å². The topological polar surface area (TPSA) is 90.5 Å². The summed E-state index contributed by atoms with van der Waals surface area (Å²) >= 11 is 0. The average molecular weight is 439 g/mol. The fraction of sp³-hybridized carbons (Fsp3) is 0.400. The maximum absolute atomic E-state index is 12.6. The van der Waals surface area contributed by atoms with Crippen LogP contribution in [-0.4, -0.2) is 42.3 Å². The number of anilines is 3. The van der Waals surface area contributed by atoms with Gasteiger partial charge >= 0.3 is 0 Å². The summed E-state index contributed by atoms with van der Waals surface area (Å²) < 4.78 is 0. The Kier molecular flexibility index (Phi) is 10.2. The molecule has 0 radical (unpaired) electrons. The Labute approximate surface area is 190 Å². The first-order chi connectivity index (χ1) is 15.5. The highest BCUT2D eigenvalue weighted by atomic mass is 16.2. The van der Waals surface area contributed by atoms with E-state index < -0.39 is 0 Å². The van der Waals surface area contributed by atoms with Crippen molar-refractivity contribution in [2.75, 3.05) is 35.6 Å². The second kappa shape index (κ2) is 13.1. The van der Waals surface area contributed by atoms with Crippen molar-refractivity contribution in [1.82, 2.24) is 4.90 Å². The van der Waals surface area contributed by atoms with Crippen LogP contribution in [0.25, 0.3) is 0 Å². The summed E-state index contributed by atoms with van der Waals surface area (Å²) in [5.41, 5.74) is 2.76. The molecular formula is C25H34N4O3. The zero-order valence-corrected chi connectivity index (χ0v) is 19.2. The van der Waals surface area contributed by atoms with Gasteiger partial charge in [-0.1, -0.05) is 20.8 Å². The molecule has 3 N–H and O–H groups in total. The first-order valence-corrected chi connectivity index (χ1v) is 11.3. The van der Waals surface area contributed by atoms with Gasteiger partial charge in [0, 0.05) is 42.1 Å². The van der Waals surface area contributed by atoms with Crippen molar-refractivity contribution in [2.24, 2.45) is 0 Å². The van der Waals surface area contributed by atoms with Crippen LogP contribution in [0.3, 0.4) is 0 Å². The molecule has 0 saturated carbocycles. The van der Waals surface area contributed by atoms with Gasteiger partial charge < -0.3 is 20.9 Å². The van der Waals surface area contributed by atoms with Crippen LogP contribution >= 0.6 is 0 Å². The van der Waals surface area contributed by atoms with E-state index in [9.17, 15) is 14.4 Å². The quantitative estimate of drug-likeness (QED) is 0.446. The minimum Gasteiger partial charge on any atom is -0.376 e. The van der Waals surface area contributed by atoms with Crippen LogP contribution in [-0.2, 0) is 9.59 Å². The third-order valence-electron chi connectivity index (χ3n) is 4.79. The van der Waals surface area contributed by atoms with E-state index in [1.807, 2.05) is 24.0 Å². The average Bonchev–Trinajstić information content (AvgIpc) is 2.79. The van der Waals surface area contributed by atoms with Crippen molar-refractivity contribution in [2.45, 2.75) is 46.5 Å². The number of hydrogen-bond acceptors (Lipinski definition) is 4. The van der Waals surface area contributed by atoms with Crippen LogP contribution in [0.15, 0.2) is 48.5 Å². The van der Waals surface area contributed by atoms with Crippen molar-refractivity contribution in [3.63, 3.8) is 0 Å². The SMILES string of the molecule is CCCC(=O)Nc1ccc(NC(=O)CNc2ccc(C(=O)N(CCC)CCC)cc2)cc1. The molecule has 0 unspecified atom stereocenters.